The first-order valence-corrected chi connectivity index (χ1v) is 12.6. The maximum absolute atomic E-state index is 12.7. The number of nitrogens with one attached hydrogen (secondary N) is 1. The summed E-state index contributed by atoms with van der Waals surface area (Å²) in [6.45, 7) is 14.6. The van der Waals surface area contributed by atoms with E-state index in [2.05, 4.69) is 45.8 Å². The van der Waals surface area contributed by atoms with Gasteiger partial charge in [0, 0.05) is 51.7 Å². The molecular weight excluding hydrogens is 402 g/mol. The number of aromatic nitrogens is 3. The van der Waals surface area contributed by atoms with Gasteiger partial charge < -0.3 is 19.5 Å². The second kappa shape index (κ2) is 10.0. The number of amides is 1. The van der Waals surface area contributed by atoms with E-state index in [4.69, 9.17) is 4.74 Å². The Morgan fingerprint density at radius 2 is 1.97 bits per heavy atom. The minimum Gasteiger partial charge on any atom is -0.381 e. The van der Waals surface area contributed by atoms with Crippen LogP contribution < -0.4 is 5.32 Å². The Morgan fingerprint density at radius 1 is 1.19 bits per heavy atom. The molecule has 178 valence electrons. The number of rotatable bonds is 6. The number of carbonyl (C=O) groups excluding carboxylic acids is 1. The third-order valence-corrected chi connectivity index (χ3v) is 7.85. The maximum atomic E-state index is 12.7. The zero-order valence-electron chi connectivity index (χ0n) is 20.5. The van der Waals surface area contributed by atoms with Gasteiger partial charge in [0.25, 0.3) is 0 Å². The normalized spacial score (nSPS) is 23.5. The summed E-state index contributed by atoms with van der Waals surface area (Å²) in [4.78, 5) is 15.2. The molecule has 32 heavy (non-hydrogen) atoms. The molecule has 1 aromatic rings. The highest BCUT2D eigenvalue weighted by Crippen LogP contribution is 2.41. The number of allylic oxidation sites excluding steroid dienone is 1. The van der Waals surface area contributed by atoms with E-state index >= 15 is 0 Å². The largest absolute Gasteiger partial charge is 0.381 e. The van der Waals surface area contributed by atoms with Crippen molar-refractivity contribution in [2.45, 2.75) is 85.2 Å². The SMILES string of the molecule is CC1=C(CCN2CCc3nnc([C@@H](C)NC(=O)C4CCOCC4)n3CC2)C(C)(C)CCC1. The highest BCUT2D eigenvalue weighted by Gasteiger charge is 2.29. The lowest BCUT2D eigenvalue weighted by Gasteiger charge is -2.35. The molecule has 0 saturated carbocycles. The summed E-state index contributed by atoms with van der Waals surface area (Å²) in [5.41, 5.74) is 3.64. The minimum absolute atomic E-state index is 0.0509. The molecule has 4 rings (SSSR count). The summed E-state index contributed by atoms with van der Waals surface area (Å²) in [6, 6.07) is -0.131. The molecule has 1 N–H and O–H groups in total. The molecular formula is C25H41N5O2. The fraction of sp³-hybridized carbons (Fsp3) is 0.800. The molecule has 1 aliphatic carbocycles. The van der Waals surface area contributed by atoms with Crippen LogP contribution in [-0.2, 0) is 22.5 Å². The van der Waals surface area contributed by atoms with Crippen molar-refractivity contribution in [1.29, 1.82) is 0 Å². The van der Waals surface area contributed by atoms with Crippen molar-refractivity contribution in [3.05, 3.63) is 22.8 Å². The Balaban J connectivity index is 1.34. The molecule has 0 spiro atoms. The Kier molecular flexibility index (Phi) is 7.35. The van der Waals surface area contributed by atoms with Gasteiger partial charge in [0.1, 0.15) is 5.82 Å². The number of carbonyl (C=O) groups is 1. The molecule has 1 atom stereocenters. The topological polar surface area (TPSA) is 72.3 Å². The molecule has 2 aliphatic heterocycles. The van der Waals surface area contributed by atoms with Gasteiger partial charge in [0.2, 0.25) is 5.91 Å². The molecule has 1 aromatic heterocycles. The van der Waals surface area contributed by atoms with Gasteiger partial charge in [-0.2, -0.15) is 0 Å². The average molecular weight is 444 g/mol. The van der Waals surface area contributed by atoms with E-state index in [-0.39, 0.29) is 17.9 Å². The monoisotopic (exact) mass is 443 g/mol. The lowest BCUT2D eigenvalue weighted by Crippen LogP contribution is -2.37. The summed E-state index contributed by atoms with van der Waals surface area (Å²) in [6.07, 6.45) is 7.59. The fourth-order valence-corrected chi connectivity index (χ4v) is 5.79. The first-order valence-electron chi connectivity index (χ1n) is 12.6. The number of nitrogens with zero attached hydrogens (tertiary/aromatic N) is 4. The van der Waals surface area contributed by atoms with E-state index < -0.39 is 0 Å². The summed E-state index contributed by atoms with van der Waals surface area (Å²) >= 11 is 0. The van der Waals surface area contributed by atoms with Gasteiger partial charge in [0.15, 0.2) is 5.82 Å². The van der Waals surface area contributed by atoms with Gasteiger partial charge in [-0.1, -0.05) is 25.0 Å². The fourth-order valence-electron chi connectivity index (χ4n) is 5.79. The van der Waals surface area contributed by atoms with Gasteiger partial charge in [-0.3, -0.25) is 4.79 Å². The van der Waals surface area contributed by atoms with Crippen LogP contribution in [0.3, 0.4) is 0 Å². The standard InChI is InChI=1S/C25H41N5O2/c1-18-6-5-11-25(3,4)21(18)7-12-29-13-8-22-27-28-23(30(22)15-14-29)19(2)26-24(31)20-9-16-32-17-10-20/h19-20H,5-17H2,1-4H3,(H,26,31)/t19-/m1/s1. The minimum atomic E-state index is -0.131. The van der Waals surface area contributed by atoms with E-state index in [1.54, 1.807) is 11.1 Å². The van der Waals surface area contributed by atoms with Crippen molar-refractivity contribution in [2.75, 3.05) is 32.8 Å². The molecule has 7 nitrogen and oxygen atoms in total. The van der Waals surface area contributed by atoms with Crippen molar-refractivity contribution in [3.63, 3.8) is 0 Å². The molecule has 0 aromatic carbocycles. The number of hydrogen-bond donors (Lipinski definition) is 1. The average Bonchev–Trinajstić information content (AvgIpc) is 3.07. The smallest absolute Gasteiger partial charge is 0.223 e. The van der Waals surface area contributed by atoms with Crippen LogP contribution in [-0.4, -0.2) is 58.4 Å². The zero-order chi connectivity index (χ0) is 22.7. The molecule has 1 amide bonds. The lowest BCUT2D eigenvalue weighted by atomic mass is 9.71. The van der Waals surface area contributed by atoms with Crippen molar-refractivity contribution >= 4 is 5.91 Å². The van der Waals surface area contributed by atoms with Crippen molar-refractivity contribution in [2.24, 2.45) is 11.3 Å². The predicted molar refractivity (Wildman–Crippen MR) is 125 cm³/mol. The van der Waals surface area contributed by atoms with Crippen LogP contribution >= 0.6 is 0 Å². The third kappa shape index (κ3) is 5.25. The van der Waals surface area contributed by atoms with E-state index in [0.717, 1.165) is 57.1 Å². The number of ether oxygens (including phenoxy) is 1. The van der Waals surface area contributed by atoms with E-state index in [0.29, 0.717) is 18.6 Å². The summed E-state index contributed by atoms with van der Waals surface area (Å²) in [7, 11) is 0. The Bertz CT molecular complexity index is 837. The van der Waals surface area contributed by atoms with E-state index in [1.807, 2.05) is 6.92 Å². The van der Waals surface area contributed by atoms with Crippen LogP contribution in [0.25, 0.3) is 0 Å². The molecule has 7 heteroatoms. The Hall–Kier alpha value is -1.73. The first-order chi connectivity index (χ1) is 15.3. The Morgan fingerprint density at radius 3 is 2.72 bits per heavy atom. The second-order valence-electron chi connectivity index (χ2n) is 10.6. The molecule has 0 unspecified atom stereocenters. The van der Waals surface area contributed by atoms with Crippen molar-refractivity contribution in [1.82, 2.24) is 25.0 Å². The van der Waals surface area contributed by atoms with Crippen molar-refractivity contribution in [3.8, 4) is 0 Å². The van der Waals surface area contributed by atoms with Gasteiger partial charge in [-0.25, -0.2) is 0 Å². The zero-order valence-corrected chi connectivity index (χ0v) is 20.5. The molecule has 0 radical (unpaired) electrons. The quantitative estimate of drug-likeness (QED) is 0.680. The van der Waals surface area contributed by atoms with Crippen LogP contribution in [0, 0.1) is 11.3 Å². The first kappa shape index (κ1) is 23.4. The molecule has 1 saturated heterocycles. The molecule has 1 fully saturated rings. The second-order valence-corrected chi connectivity index (χ2v) is 10.6. The van der Waals surface area contributed by atoms with Crippen LogP contribution in [0.1, 0.15) is 83.9 Å². The molecule has 3 heterocycles. The summed E-state index contributed by atoms with van der Waals surface area (Å²) < 4.78 is 7.63. The third-order valence-electron chi connectivity index (χ3n) is 7.85. The van der Waals surface area contributed by atoms with E-state index in [1.165, 1.54) is 25.7 Å². The summed E-state index contributed by atoms with van der Waals surface area (Å²) in [5, 5.41) is 12.1. The number of hydrogen-bond acceptors (Lipinski definition) is 5. The maximum Gasteiger partial charge on any atom is 0.223 e. The van der Waals surface area contributed by atoms with Crippen LogP contribution in [0.15, 0.2) is 11.1 Å². The van der Waals surface area contributed by atoms with Crippen molar-refractivity contribution < 1.29 is 9.53 Å². The highest BCUT2D eigenvalue weighted by atomic mass is 16.5. The van der Waals surface area contributed by atoms with Crippen LogP contribution in [0.4, 0.5) is 0 Å². The lowest BCUT2D eigenvalue weighted by molar-refractivity contribution is -0.128. The van der Waals surface area contributed by atoms with E-state index in [9.17, 15) is 4.79 Å². The van der Waals surface area contributed by atoms with Gasteiger partial charge in [-0.15, -0.1) is 10.2 Å². The van der Waals surface area contributed by atoms with Gasteiger partial charge in [-0.05, 0) is 57.8 Å². The predicted octanol–water partition coefficient (Wildman–Crippen LogP) is 3.66. The van der Waals surface area contributed by atoms with Crippen LogP contribution in [0.2, 0.25) is 0 Å². The summed E-state index contributed by atoms with van der Waals surface area (Å²) in [5.74, 6) is 2.10. The Labute approximate surface area is 193 Å². The highest BCUT2D eigenvalue weighted by molar-refractivity contribution is 5.79. The molecule has 3 aliphatic rings. The van der Waals surface area contributed by atoms with Gasteiger partial charge >= 0.3 is 0 Å². The number of fused-ring (bicyclic) bond motifs is 1. The molecule has 0 bridgehead atoms. The van der Waals surface area contributed by atoms with Gasteiger partial charge in [0.05, 0.1) is 6.04 Å². The van der Waals surface area contributed by atoms with Crippen LogP contribution in [0.5, 0.6) is 0 Å².